The second kappa shape index (κ2) is 8.25. The molecule has 1 aromatic carbocycles. The number of amides is 1. The first-order valence-electron chi connectivity index (χ1n) is 9.22. The lowest BCUT2D eigenvalue weighted by Gasteiger charge is -2.18. The normalized spacial score (nSPS) is 15.7. The van der Waals surface area contributed by atoms with Crippen LogP contribution in [-0.4, -0.2) is 21.7 Å². The van der Waals surface area contributed by atoms with Crippen molar-refractivity contribution in [3.63, 3.8) is 0 Å². The molecule has 1 aliphatic heterocycles. The van der Waals surface area contributed by atoms with Gasteiger partial charge in [-0.1, -0.05) is 41.2 Å². The van der Waals surface area contributed by atoms with E-state index in [2.05, 4.69) is 47.0 Å². The third kappa shape index (κ3) is 4.05. The number of aryl methyl sites for hydroxylation is 2. The fourth-order valence-corrected chi connectivity index (χ4v) is 4.19. The Morgan fingerprint density at radius 3 is 2.70 bits per heavy atom. The molecular formula is C20H20N6O2S2. The molecule has 1 atom stereocenters. The summed E-state index contributed by atoms with van der Waals surface area (Å²) in [4.78, 5) is 17.5. The monoisotopic (exact) mass is 440 g/mol. The van der Waals surface area contributed by atoms with Crippen molar-refractivity contribution in [1.82, 2.24) is 15.8 Å². The van der Waals surface area contributed by atoms with E-state index in [1.165, 1.54) is 16.9 Å². The summed E-state index contributed by atoms with van der Waals surface area (Å²) >= 11 is 5.97. The van der Waals surface area contributed by atoms with E-state index in [9.17, 15) is 4.79 Å². The molecule has 30 heavy (non-hydrogen) atoms. The van der Waals surface area contributed by atoms with E-state index in [0.29, 0.717) is 22.1 Å². The van der Waals surface area contributed by atoms with E-state index < -0.39 is 0 Å². The van der Waals surface area contributed by atoms with Gasteiger partial charge >= 0.3 is 0 Å². The molecule has 0 fully saturated rings. The van der Waals surface area contributed by atoms with Crippen LogP contribution in [0.15, 0.2) is 52.2 Å². The van der Waals surface area contributed by atoms with Crippen molar-refractivity contribution in [2.75, 3.05) is 5.01 Å². The number of thiocarbonyl (C=S) groups is 1. The van der Waals surface area contributed by atoms with E-state index in [-0.39, 0.29) is 17.1 Å². The number of hydrazine groups is 1. The highest BCUT2D eigenvalue weighted by Crippen LogP contribution is 2.39. The number of nitrogens with two attached hydrogens (primary N) is 1. The molecule has 0 bridgehead atoms. The third-order valence-corrected chi connectivity index (χ3v) is 5.90. The number of thiazole rings is 1. The minimum Gasteiger partial charge on any atom is -0.467 e. The van der Waals surface area contributed by atoms with Crippen LogP contribution in [0.1, 0.15) is 44.7 Å². The number of carbonyl (C=O) groups is 1. The maximum atomic E-state index is 12.4. The molecule has 3 heterocycles. The Labute approximate surface area is 182 Å². The summed E-state index contributed by atoms with van der Waals surface area (Å²) in [7, 11) is 0. The van der Waals surface area contributed by atoms with Gasteiger partial charge in [-0.25, -0.2) is 9.99 Å². The van der Waals surface area contributed by atoms with Crippen LogP contribution in [0.3, 0.4) is 0 Å². The molecule has 4 N–H and O–H groups in total. The van der Waals surface area contributed by atoms with Gasteiger partial charge in [-0.3, -0.25) is 15.6 Å². The van der Waals surface area contributed by atoms with E-state index in [0.717, 1.165) is 17.0 Å². The summed E-state index contributed by atoms with van der Waals surface area (Å²) in [6.07, 6.45) is 2.31. The predicted molar refractivity (Wildman–Crippen MR) is 120 cm³/mol. The quantitative estimate of drug-likeness (QED) is 0.422. The molecule has 0 saturated carbocycles. The average molecular weight is 441 g/mol. The fraction of sp³-hybridized carbons (Fsp3) is 0.200. The van der Waals surface area contributed by atoms with Gasteiger partial charge in [0.1, 0.15) is 16.7 Å². The van der Waals surface area contributed by atoms with Gasteiger partial charge in [-0.05, 0) is 43.8 Å². The average Bonchev–Trinajstić information content (AvgIpc) is 3.45. The van der Waals surface area contributed by atoms with Gasteiger partial charge < -0.3 is 10.2 Å². The molecule has 1 aliphatic rings. The van der Waals surface area contributed by atoms with Gasteiger partial charge in [0.2, 0.25) is 5.13 Å². The third-order valence-electron chi connectivity index (χ3n) is 4.65. The van der Waals surface area contributed by atoms with E-state index in [1.54, 1.807) is 13.2 Å². The van der Waals surface area contributed by atoms with Crippen molar-refractivity contribution in [2.24, 2.45) is 10.8 Å². The number of furan rings is 1. The zero-order chi connectivity index (χ0) is 21.3. The molecule has 4 rings (SSSR count). The molecule has 3 aromatic rings. The number of aromatic nitrogens is 1. The lowest BCUT2D eigenvalue weighted by atomic mass is 10.0. The summed E-state index contributed by atoms with van der Waals surface area (Å²) in [5.74, 6) is 0.426. The van der Waals surface area contributed by atoms with Crippen LogP contribution >= 0.6 is 23.6 Å². The summed E-state index contributed by atoms with van der Waals surface area (Å²) in [6, 6.07) is 11.9. The van der Waals surface area contributed by atoms with Crippen LogP contribution < -0.4 is 21.6 Å². The van der Waals surface area contributed by atoms with E-state index in [1.807, 2.05) is 17.1 Å². The van der Waals surface area contributed by atoms with Gasteiger partial charge in [-0.15, -0.1) is 0 Å². The van der Waals surface area contributed by atoms with Crippen molar-refractivity contribution in [2.45, 2.75) is 26.3 Å². The summed E-state index contributed by atoms with van der Waals surface area (Å²) in [5.41, 5.74) is 14.0. The van der Waals surface area contributed by atoms with Crippen LogP contribution in [0.2, 0.25) is 0 Å². The number of nitrogens with zero attached hydrogens (tertiary/aromatic N) is 3. The first kappa shape index (κ1) is 20.0. The van der Waals surface area contributed by atoms with Gasteiger partial charge in [0.05, 0.1) is 17.7 Å². The SMILES string of the molecule is Cc1ccc(C2=NN(c3nc(C)c(C(=O)NNC(N)=S)s3)C(c3ccco3)C2)cc1. The van der Waals surface area contributed by atoms with Gasteiger partial charge in [0.25, 0.3) is 5.91 Å². The van der Waals surface area contributed by atoms with Crippen molar-refractivity contribution in [1.29, 1.82) is 0 Å². The minimum absolute atomic E-state index is 0.0180. The van der Waals surface area contributed by atoms with Gasteiger partial charge in [-0.2, -0.15) is 5.10 Å². The molecule has 1 amide bonds. The molecule has 10 heteroatoms. The number of carbonyl (C=O) groups excluding carboxylic acids is 1. The Morgan fingerprint density at radius 1 is 1.27 bits per heavy atom. The fourth-order valence-electron chi connectivity index (χ4n) is 3.18. The van der Waals surface area contributed by atoms with E-state index in [4.69, 9.17) is 27.5 Å². The highest BCUT2D eigenvalue weighted by molar-refractivity contribution is 7.80. The minimum atomic E-state index is -0.361. The Hall–Kier alpha value is -3.24. The maximum absolute atomic E-state index is 12.4. The van der Waals surface area contributed by atoms with E-state index >= 15 is 0 Å². The number of hydrogen-bond acceptors (Lipinski definition) is 7. The van der Waals surface area contributed by atoms with Crippen LogP contribution in [0, 0.1) is 13.8 Å². The van der Waals surface area contributed by atoms with Crippen molar-refractivity contribution in [3.8, 4) is 0 Å². The number of anilines is 1. The summed E-state index contributed by atoms with van der Waals surface area (Å²) in [6.45, 7) is 3.83. The largest absolute Gasteiger partial charge is 0.467 e. The van der Waals surface area contributed by atoms with Gasteiger partial charge in [0.15, 0.2) is 5.11 Å². The van der Waals surface area contributed by atoms with Crippen molar-refractivity contribution >= 4 is 45.4 Å². The lowest BCUT2D eigenvalue weighted by Crippen LogP contribution is -2.44. The lowest BCUT2D eigenvalue weighted by molar-refractivity contribution is 0.0947. The highest BCUT2D eigenvalue weighted by Gasteiger charge is 2.34. The number of hydrazone groups is 1. The number of nitrogens with one attached hydrogen (secondary N) is 2. The van der Waals surface area contributed by atoms with Crippen LogP contribution in [-0.2, 0) is 0 Å². The van der Waals surface area contributed by atoms with Gasteiger partial charge in [0, 0.05) is 6.42 Å². The van der Waals surface area contributed by atoms with Crippen LogP contribution in [0.5, 0.6) is 0 Å². The summed E-state index contributed by atoms with van der Waals surface area (Å²) in [5, 5.41) is 7.25. The molecule has 8 nitrogen and oxygen atoms in total. The smallest absolute Gasteiger partial charge is 0.281 e. The standard InChI is InChI=1S/C20H20N6O2S2/c1-11-5-7-13(8-6-11)14-10-15(16-4-3-9-28-16)26(25-14)20-22-12(2)17(30-20)18(27)23-24-19(21)29/h3-9,15H,10H2,1-2H3,(H,23,27)(H3,21,24,29). The molecule has 0 radical (unpaired) electrons. The number of hydrogen-bond donors (Lipinski definition) is 3. The predicted octanol–water partition coefficient (Wildman–Crippen LogP) is 3.19. The molecule has 0 aliphatic carbocycles. The van der Waals surface area contributed by atoms with Crippen LogP contribution in [0.25, 0.3) is 0 Å². The second-order valence-electron chi connectivity index (χ2n) is 6.85. The molecule has 0 spiro atoms. The first-order valence-corrected chi connectivity index (χ1v) is 10.4. The second-order valence-corrected chi connectivity index (χ2v) is 8.26. The molecular weight excluding hydrogens is 420 g/mol. The zero-order valence-corrected chi connectivity index (χ0v) is 18.0. The molecule has 1 unspecified atom stereocenters. The maximum Gasteiger partial charge on any atom is 0.281 e. The molecule has 2 aromatic heterocycles. The topological polar surface area (TPSA) is 109 Å². The van der Waals surface area contributed by atoms with Crippen LogP contribution in [0.4, 0.5) is 5.13 Å². The summed E-state index contributed by atoms with van der Waals surface area (Å²) < 4.78 is 5.67. The zero-order valence-electron chi connectivity index (χ0n) is 16.4. The number of benzene rings is 1. The van der Waals surface area contributed by atoms with Crippen molar-refractivity contribution < 1.29 is 9.21 Å². The highest BCUT2D eigenvalue weighted by atomic mass is 32.1. The Balaban J connectivity index is 1.67. The Kier molecular flexibility index (Phi) is 5.51. The Bertz CT molecular complexity index is 1110. The van der Waals surface area contributed by atoms with Crippen molar-refractivity contribution in [3.05, 3.63) is 70.1 Å². The molecule has 154 valence electrons. The number of rotatable bonds is 4. The Morgan fingerprint density at radius 2 is 2.03 bits per heavy atom. The molecule has 0 saturated heterocycles. The first-order chi connectivity index (χ1) is 14.4.